The number of nitrogens with two attached hydrogens (primary N) is 4. The zero-order chi connectivity index (χ0) is 28.0. The Hall–Kier alpha value is 0.0390. The molecular formula is C18H44Cl2Cu2N8O9. The van der Waals surface area contributed by atoms with Crippen LogP contribution in [0.25, 0.3) is 0 Å². The second-order valence-electron chi connectivity index (χ2n) is 7.70. The fraction of sp³-hybridized carbons (Fsp3) is 0.889. The van der Waals surface area contributed by atoms with E-state index in [2.05, 4.69) is 20.6 Å². The SMILES string of the molecule is C[C@@](CO)(CNCCN)C([O-])=NCCN.C[C@](CO)(CNCCN)C([O-])=NCCN.O.[Cl-].[Cu+2].[Cu+2].[O-][Cl+3]([O-])([O-])[O-]. The van der Waals surface area contributed by atoms with Crippen LogP contribution >= 0.6 is 0 Å². The van der Waals surface area contributed by atoms with Crippen molar-refractivity contribution in [2.24, 2.45) is 43.7 Å². The maximum Gasteiger partial charge on any atom is 2.00 e. The number of rotatable bonds is 16. The number of nitrogens with one attached hydrogen (secondary N) is 2. The summed E-state index contributed by atoms with van der Waals surface area (Å²) < 4.78 is 34.0. The van der Waals surface area contributed by atoms with E-state index in [1.54, 1.807) is 13.8 Å². The largest absolute Gasteiger partial charge is 2.00 e. The van der Waals surface area contributed by atoms with Crippen molar-refractivity contribution in [3.63, 3.8) is 0 Å². The Morgan fingerprint density at radius 3 is 1.15 bits per heavy atom. The second kappa shape index (κ2) is 32.6. The van der Waals surface area contributed by atoms with Crippen LogP contribution in [0.15, 0.2) is 9.98 Å². The van der Waals surface area contributed by atoms with Gasteiger partial charge >= 0.3 is 34.1 Å². The summed E-state index contributed by atoms with van der Waals surface area (Å²) in [5, 5.41) is 47.5. The molecule has 0 heterocycles. The van der Waals surface area contributed by atoms with Gasteiger partial charge in [-0.25, -0.2) is 18.6 Å². The quantitative estimate of drug-likeness (QED) is 0.0319. The van der Waals surface area contributed by atoms with Crippen LogP contribution in [-0.4, -0.2) is 106 Å². The van der Waals surface area contributed by atoms with Crippen molar-refractivity contribution in [2.45, 2.75) is 13.8 Å². The van der Waals surface area contributed by atoms with E-state index in [4.69, 9.17) is 41.6 Å². The minimum Gasteiger partial charge on any atom is -1.00 e. The van der Waals surface area contributed by atoms with Crippen molar-refractivity contribution in [3.8, 4) is 0 Å². The molecule has 2 radical (unpaired) electrons. The van der Waals surface area contributed by atoms with E-state index in [9.17, 15) is 20.4 Å². The van der Waals surface area contributed by atoms with Gasteiger partial charge in [0.15, 0.2) is 0 Å². The zero-order valence-electron chi connectivity index (χ0n) is 21.9. The summed E-state index contributed by atoms with van der Waals surface area (Å²) in [6.45, 7) is 7.07. The molecule has 0 aliphatic heterocycles. The minimum absolute atomic E-state index is 0. The Kier molecular flexibility index (Phi) is 45.9. The summed E-state index contributed by atoms with van der Waals surface area (Å²) in [5.74, 6) is -0.639. The minimum atomic E-state index is -4.94. The van der Waals surface area contributed by atoms with Crippen LogP contribution in [0.1, 0.15) is 13.8 Å². The van der Waals surface area contributed by atoms with Gasteiger partial charge in [0.05, 0.1) is 26.3 Å². The van der Waals surface area contributed by atoms with E-state index >= 15 is 0 Å². The third kappa shape index (κ3) is 34.1. The van der Waals surface area contributed by atoms with E-state index in [0.717, 1.165) is 0 Å². The van der Waals surface area contributed by atoms with Crippen molar-refractivity contribution >= 4 is 11.8 Å². The molecule has 246 valence electrons. The Bertz CT molecular complexity index is 541. The third-order valence-corrected chi connectivity index (χ3v) is 4.17. The molecule has 2 atom stereocenters. The molecule has 0 spiro atoms. The Morgan fingerprint density at radius 2 is 0.974 bits per heavy atom. The van der Waals surface area contributed by atoms with Crippen LogP contribution in [0.2, 0.25) is 0 Å². The van der Waals surface area contributed by atoms with Crippen molar-refractivity contribution in [3.05, 3.63) is 0 Å². The van der Waals surface area contributed by atoms with Crippen LogP contribution in [0, 0.1) is 21.1 Å². The molecule has 39 heavy (non-hydrogen) atoms. The maximum atomic E-state index is 11.6. The van der Waals surface area contributed by atoms with Gasteiger partial charge in [0.1, 0.15) is 0 Å². The Balaban J connectivity index is -0.0000000822. The molecule has 0 aromatic rings. The standard InChI is InChI=1S/2C9H22N4O2.ClHO4.ClH.2Cu.H2O/c2*1-9(7-14,6-12-4-2-10)8(15)13-5-3-11;2-1(3,4)5;;;;/h2*12,14H,2-7,10-11H2,1H3,(H,13,15);(H,2,3,4,5);1H;;;1H2/q;;;;2*+2;/p-4/t2*9-;;;;;/m10...../s1. The summed E-state index contributed by atoms with van der Waals surface area (Å²) in [6, 6.07) is 0. The molecule has 0 bridgehead atoms. The molecule has 0 rings (SSSR count). The molecule has 0 aromatic carbocycles. The number of hydrogen-bond donors (Lipinski definition) is 8. The van der Waals surface area contributed by atoms with Gasteiger partial charge in [0, 0.05) is 63.2 Å². The molecule has 14 N–H and O–H groups in total. The number of halogens is 2. The van der Waals surface area contributed by atoms with Gasteiger partial charge < -0.3 is 81.9 Å². The Labute approximate surface area is 259 Å². The first-order valence-electron chi connectivity index (χ1n) is 10.7. The van der Waals surface area contributed by atoms with Gasteiger partial charge in [-0.05, 0) is 11.8 Å². The van der Waals surface area contributed by atoms with Crippen LogP contribution in [0.4, 0.5) is 0 Å². The molecule has 0 amide bonds. The molecule has 0 saturated heterocycles. The molecule has 0 fully saturated rings. The molecule has 0 unspecified atom stereocenters. The molecule has 0 saturated carbocycles. The van der Waals surface area contributed by atoms with E-state index < -0.39 is 21.1 Å². The van der Waals surface area contributed by atoms with Crippen molar-refractivity contribution in [2.75, 3.05) is 78.7 Å². The third-order valence-electron chi connectivity index (χ3n) is 4.17. The molecule has 21 heteroatoms. The molecular weight excluding hydrogens is 670 g/mol. The van der Waals surface area contributed by atoms with Gasteiger partial charge in [0.25, 0.3) is 0 Å². The molecule has 0 aliphatic rings. The van der Waals surface area contributed by atoms with Crippen LogP contribution in [-0.2, 0) is 34.1 Å². The molecule has 17 nitrogen and oxygen atoms in total. The normalized spacial score (nSPS) is 14.2. The maximum absolute atomic E-state index is 11.6. The number of aliphatic hydroxyl groups excluding tert-OH is 2. The summed E-state index contributed by atoms with van der Waals surface area (Å²) in [5.41, 5.74) is 19.4. The monoisotopic (exact) mass is 712 g/mol. The first-order valence-corrected chi connectivity index (χ1v) is 11.9. The average Bonchev–Trinajstić information content (AvgIpc) is 2.80. The number of nitrogens with zero attached hydrogens (tertiary/aromatic N) is 2. The summed E-state index contributed by atoms with van der Waals surface area (Å²) in [6.07, 6.45) is 0. The van der Waals surface area contributed by atoms with E-state index in [1.807, 2.05) is 0 Å². The summed E-state index contributed by atoms with van der Waals surface area (Å²) >= 11 is 0. The fourth-order valence-electron chi connectivity index (χ4n) is 2.04. The van der Waals surface area contributed by atoms with Gasteiger partial charge in [-0.15, -0.1) is 10.2 Å². The number of aliphatic imine (C=N–C) groups is 2. The zero-order valence-corrected chi connectivity index (χ0v) is 25.3. The van der Waals surface area contributed by atoms with Gasteiger partial charge in [-0.2, -0.15) is 0 Å². The van der Waals surface area contributed by atoms with Gasteiger partial charge in [-0.3, -0.25) is 0 Å². The number of aliphatic hydroxyl groups is 2. The average molecular weight is 715 g/mol. The molecule has 0 aromatic heterocycles. The predicted octanol–water partition coefficient (Wildman–Crippen LogP) is -14.1. The Morgan fingerprint density at radius 1 is 0.718 bits per heavy atom. The molecule has 0 aliphatic carbocycles. The van der Waals surface area contributed by atoms with E-state index in [1.165, 1.54) is 0 Å². The first kappa shape index (κ1) is 55.0. The van der Waals surface area contributed by atoms with Crippen LogP contribution < -0.4 is 74.8 Å². The first-order chi connectivity index (χ1) is 16.2. The van der Waals surface area contributed by atoms with Crippen LogP contribution in [0.5, 0.6) is 0 Å². The number of hydrogen-bond acceptors (Lipinski definition) is 16. The fourth-order valence-corrected chi connectivity index (χ4v) is 2.04. The van der Waals surface area contributed by atoms with Crippen LogP contribution in [0.3, 0.4) is 0 Å². The topological polar surface area (TPSA) is 363 Å². The van der Waals surface area contributed by atoms with E-state index in [0.29, 0.717) is 65.4 Å². The predicted molar refractivity (Wildman–Crippen MR) is 121 cm³/mol. The van der Waals surface area contributed by atoms with Crippen molar-refractivity contribution < 1.29 is 101 Å². The second-order valence-corrected chi connectivity index (χ2v) is 8.45. The van der Waals surface area contributed by atoms with Crippen molar-refractivity contribution in [1.29, 1.82) is 0 Å². The smallest absolute Gasteiger partial charge is 1.00 e. The van der Waals surface area contributed by atoms with E-state index in [-0.39, 0.29) is 77.0 Å². The summed E-state index contributed by atoms with van der Waals surface area (Å²) in [7, 11) is -4.94. The van der Waals surface area contributed by atoms with Gasteiger partial charge in [-0.1, -0.05) is 13.8 Å². The van der Waals surface area contributed by atoms with Gasteiger partial charge in [0.2, 0.25) is 0 Å². The summed E-state index contributed by atoms with van der Waals surface area (Å²) in [4.78, 5) is 7.54. The van der Waals surface area contributed by atoms with Crippen molar-refractivity contribution in [1.82, 2.24) is 10.6 Å².